The number of nitrogens with two attached hydrogens (primary N) is 1. The molecule has 0 saturated heterocycles. The fourth-order valence-electron chi connectivity index (χ4n) is 2.89. The molecule has 2 aromatic rings. The van der Waals surface area contributed by atoms with Crippen LogP contribution in [0.1, 0.15) is 42.9 Å². The third-order valence-corrected chi connectivity index (χ3v) is 5.03. The molecule has 0 bridgehead atoms. The Hall–Kier alpha value is -1.40. The molecular formula is C15H21N5S. The fraction of sp³-hybridized carbons (Fsp3) is 0.533. The summed E-state index contributed by atoms with van der Waals surface area (Å²) in [4.78, 5) is 1.21. The Morgan fingerprint density at radius 1 is 1.33 bits per heavy atom. The first-order valence-electron chi connectivity index (χ1n) is 7.53. The molecule has 6 heteroatoms. The van der Waals surface area contributed by atoms with E-state index in [1.54, 1.807) is 11.8 Å². The number of hydrogen-bond donors (Lipinski definition) is 1. The van der Waals surface area contributed by atoms with E-state index in [2.05, 4.69) is 40.6 Å². The van der Waals surface area contributed by atoms with Crippen LogP contribution in [0.4, 0.5) is 0 Å². The van der Waals surface area contributed by atoms with Gasteiger partial charge in [0.05, 0.1) is 6.04 Å². The van der Waals surface area contributed by atoms with Crippen LogP contribution in [0.3, 0.4) is 0 Å². The Kier molecular flexibility index (Phi) is 4.55. The average Bonchev–Trinajstić information content (AvgIpc) is 3.13. The van der Waals surface area contributed by atoms with E-state index in [4.69, 9.17) is 5.73 Å². The van der Waals surface area contributed by atoms with Gasteiger partial charge >= 0.3 is 0 Å². The van der Waals surface area contributed by atoms with Gasteiger partial charge in [0.1, 0.15) is 0 Å². The van der Waals surface area contributed by atoms with Gasteiger partial charge in [0.15, 0.2) is 0 Å². The van der Waals surface area contributed by atoms with Gasteiger partial charge in [-0.1, -0.05) is 30.5 Å². The van der Waals surface area contributed by atoms with Gasteiger partial charge in [-0.3, -0.25) is 0 Å². The van der Waals surface area contributed by atoms with Crippen molar-refractivity contribution in [1.82, 2.24) is 20.2 Å². The number of rotatable bonds is 5. The molecule has 0 atom stereocenters. The summed E-state index contributed by atoms with van der Waals surface area (Å²) in [6.45, 7) is 2.77. The van der Waals surface area contributed by atoms with Gasteiger partial charge in [0.2, 0.25) is 5.16 Å². The van der Waals surface area contributed by atoms with Crippen LogP contribution in [-0.2, 0) is 6.42 Å². The van der Waals surface area contributed by atoms with Crippen molar-refractivity contribution in [2.45, 2.75) is 55.1 Å². The molecule has 1 aromatic heterocycles. The summed E-state index contributed by atoms with van der Waals surface area (Å²) in [5, 5.41) is 13.2. The molecule has 0 radical (unpaired) electrons. The molecule has 0 spiro atoms. The SMILES string of the molecule is Cc1ccc(Sc2nnnn2C2CCCC2)c(CCN)c1. The van der Waals surface area contributed by atoms with E-state index in [1.807, 2.05) is 4.68 Å². The minimum Gasteiger partial charge on any atom is -0.330 e. The van der Waals surface area contributed by atoms with Gasteiger partial charge in [-0.2, -0.15) is 0 Å². The van der Waals surface area contributed by atoms with Gasteiger partial charge in [0, 0.05) is 4.90 Å². The summed E-state index contributed by atoms with van der Waals surface area (Å²) < 4.78 is 2.00. The molecule has 1 aliphatic rings. The van der Waals surface area contributed by atoms with Crippen LogP contribution in [0.15, 0.2) is 28.3 Å². The minimum absolute atomic E-state index is 0.464. The predicted octanol–water partition coefficient (Wildman–Crippen LogP) is 2.75. The van der Waals surface area contributed by atoms with Crippen molar-refractivity contribution in [3.05, 3.63) is 29.3 Å². The summed E-state index contributed by atoms with van der Waals surface area (Å²) in [5.74, 6) is 0. The number of aromatic nitrogens is 4. The molecule has 0 aliphatic heterocycles. The maximum atomic E-state index is 5.73. The van der Waals surface area contributed by atoms with E-state index in [9.17, 15) is 0 Å². The Balaban J connectivity index is 1.85. The first-order valence-corrected chi connectivity index (χ1v) is 8.35. The molecule has 1 aliphatic carbocycles. The fourth-order valence-corrected chi connectivity index (χ4v) is 3.87. The van der Waals surface area contributed by atoms with Gasteiger partial charge in [-0.05, 0) is 66.5 Å². The Labute approximate surface area is 129 Å². The lowest BCUT2D eigenvalue weighted by Crippen LogP contribution is -2.08. The zero-order valence-electron chi connectivity index (χ0n) is 12.3. The predicted molar refractivity (Wildman–Crippen MR) is 83.4 cm³/mol. The second-order valence-corrected chi connectivity index (χ2v) is 6.61. The van der Waals surface area contributed by atoms with Gasteiger partial charge in [0.25, 0.3) is 0 Å². The minimum atomic E-state index is 0.464. The second-order valence-electron chi connectivity index (χ2n) is 5.60. The molecular weight excluding hydrogens is 282 g/mol. The third-order valence-electron chi connectivity index (χ3n) is 3.96. The Morgan fingerprint density at radius 3 is 2.90 bits per heavy atom. The highest BCUT2D eigenvalue weighted by Crippen LogP contribution is 2.35. The summed E-state index contributed by atoms with van der Waals surface area (Å²) >= 11 is 1.65. The van der Waals surface area contributed by atoms with Crippen LogP contribution in [0.5, 0.6) is 0 Å². The summed E-state index contributed by atoms with van der Waals surface area (Å²) in [6, 6.07) is 6.95. The highest BCUT2D eigenvalue weighted by Gasteiger charge is 2.22. The number of aryl methyl sites for hydroxylation is 1. The summed E-state index contributed by atoms with van der Waals surface area (Å²) in [7, 11) is 0. The first-order chi connectivity index (χ1) is 10.3. The van der Waals surface area contributed by atoms with Crippen molar-refractivity contribution in [2.24, 2.45) is 5.73 Å². The molecule has 1 aromatic carbocycles. The van der Waals surface area contributed by atoms with Gasteiger partial charge in [-0.15, -0.1) is 5.10 Å². The maximum absolute atomic E-state index is 5.73. The highest BCUT2D eigenvalue weighted by atomic mass is 32.2. The van der Waals surface area contributed by atoms with E-state index in [1.165, 1.54) is 41.7 Å². The molecule has 112 valence electrons. The number of benzene rings is 1. The number of hydrogen-bond acceptors (Lipinski definition) is 5. The van der Waals surface area contributed by atoms with E-state index in [-0.39, 0.29) is 0 Å². The van der Waals surface area contributed by atoms with Crippen LogP contribution < -0.4 is 5.73 Å². The van der Waals surface area contributed by atoms with E-state index < -0.39 is 0 Å². The van der Waals surface area contributed by atoms with Gasteiger partial charge in [-0.25, -0.2) is 4.68 Å². The molecule has 1 saturated carbocycles. The molecule has 5 nitrogen and oxygen atoms in total. The zero-order valence-corrected chi connectivity index (χ0v) is 13.1. The van der Waals surface area contributed by atoms with Crippen molar-refractivity contribution in [1.29, 1.82) is 0 Å². The van der Waals surface area contributed by atoms with Gasteiger partial charge < -0.3 is 5.73 Å². The van der Waals surface area contributed by atoms with E-state index in [0.29, 0.717) is 12.6 Å². The zero-order chi connectivity index (χ0) is 14.7. The molecule has 3 rings (SSSR count). The molecule has 2 N–H and O–H groups in total. The lowest BCUT2D eigenvalue weighted by Gasteiger charge is -2.12. The standard InChI is InChI=1S/C15H21N5S/c1-11-6-7-14(12(10-11)8-9-16)21-15-17-18-19-20(15)13-4-2-3-5-13/h6-7,10,13H,2-5,8-9,16H2,1H3. The summed E-state index contributed by atoms with van der Waals surface area (Å²) in [5.41, 5.74) is 8.27. The average molecular weight is 303 g/mol. The van der Waals surface area contributed by atoms with Crippen molar-refractivity contribution < 1.29 is 0 Å². The van der Waals surface area contributed by atoms with Crippen LogP contribution in [-0.4, -0.2) is 26.8 Å². The lowest BCUT2D eigenvalue weighted by molar-refractivity contribution is 0.423. The second kappa shape index (κ2) is 6.58. The monoisotopic (exact) mass is 303 g/mol. The number of nitrogens with zero attached hydrogens (tertiary/aromatic N) is 4. The highest BCUT2D eigenvalue weighted by molar-refractivity contribution is 7.99. The lowest BCUT2D eigenvalue weighted by atomic mass is 10.1. The van der Waals surface area contributed by atoms with Crippen LogP contribution in [0.2, 0.25) is 0 Å². The smallest absolute Gasteiger partial charge is 0.214 e. The van der Waals surface area contributed by atoms with Crippen molar-refractivity contribution >= 4 is 11.8 Å². The van der Waals surface area contributed by atoms with E-state index in [0.717, 1.165) is 11.6 Å². The quantitative estimate of drug-likeness (QED) is 0.919. The topological polar surface area (TPSA) is 69.6 Å². The molecule has 0 unspecified atom stereocenters. The van der Waals surface area contributed by atoms with Crippen molar-refractivity contribution in [2.75, 3.05) is 6.54 Å². The van der Waals surface area contributed by atoms with Crippen molar-refractivity contribution in [3.8, 4) is 0 Å². The Bertz CT molecular complexity index is 604. The molecule has 1 heterocycles. The largest absolute Gasteiger partial charge is 0.330 e. The van der Waals surface area contributed by atoms with Crippen molar-refractivity contribution in [3.63, 3.8) is 0 Å². The molecule has 0 amide bonds. The Morgan fingerprint density at radius 2 is 2.14 bits per heavy atom. The molecule has 1 fully saturated rings. The first kappa shape index (κ1) is 14.5. The molecule has 21 heavy (non-hydrogen) atoms. The van der Waals surface area contributed by atoms with Crippen LogP contribution >= 0.6 is 11.8 Å². The number of tetrazole rings is 1. The van der Waals surface area contributed by atoms with Crippen LogP contribution in [0, 0.1) is 6.92 Å². The van der Waals surface area contributed by atoms with E-state index >= 15 is 0 Å². The van der Waals surface area contributed by atoms with Crippen LogP contribution in [0.25, 0.3) is 0 Å². The maximum Gasteiger partial charge on any atom is 0.214 e. The third kappa shape index (κ3) is 3.27. The summed E-state index contributed by atoms with van der Waals surface area (Å²) in [6.07, 6.45) is 5.80. The normalized spacial score (nSPS) is 15.7.